The van der Waals surface area contributed by atoms with Crippen LogP contribution in [0.5, 0.6) is 0 Å². The van der Waals surface area contributed by atoms with Gasteiger partial charge >= 0.3 is 17.9 Å². The minimum Gasteiger partial charge on any atom is -0.462 e. The molecule has 0 spiro atoms. The summed E-state index contributed by atoms with van der Waals surface area (Å²) < 4.78 is 16.8. The van der Waals surface area contributed by atoms with Crippen LogP contribution in [0.15, 0.2) is 48.6 Å². The lowest BCUT2D eigenvalue weighted by Gasteiger charge is -2.18. The van der Waals surface area contributed by atoms with Crippen molar-refractivity contribution < 1.29 is 28.6 Å². The second kappa shape index (κ2) is 61.9. The van der Waals surface area contributed by atoms with Gasteiger partial charge in [0, 0.05) is 19.3 Å². The van der Waals surface area contributed by atoms with Gasteiger partial charge in [0.25, 0.3) is 0 Å². The van der Waals surface area contributed by atoms with E-state index in [-0.39, 0.29) is 31.1 Å². The number of hydrogen-bond donors (Lipinski definition) is 0. The van der Waals surface area contributed by atoms with Gasteiger partial charge in [-0.1, -0.05) is 313 Å². The first-order valence-electron chi connectivity index (χ1n) is 32.1. The molecule has 0 saturated carbocycles. The van der Waals surface area contributed by atoms with E-state index in [2.05, 4.69) is 69.4 Å². The zero-order valence-corrected chi connectivity index (χ0v) is 48.9. The van der Waals surface area contributed by atoms with Gasteiger partial charge in [0.1, 0.15) is 13.2 Å². The Bertz CT molecular complexity index is 1270. The Balaban J connectivity index is 4.03. The van der Waals surface area contributed by atoms with Crippen molar-refractivity contribution in [2.75, 3.05) is 13.2 Å². The summed E-state index contributed by atoms with van der Waals surface area (Å²) >= 11 is 0. The average Bonchev–Trinajstić information content (AvgIpc) is 3.39. The number of hydrogen-bond acceptors (Lipinski definition) is 6. The topological polar surface area (TPSA) is 78.9 Å². The van der Waals surface area contributed by atoms with E-state index in [0.29, 0.717) is 19.3 Å². The number of esters is 3. The van der Waals surface area contributed by atoms with Gasteiger partial charge in [-0.15, -0.1) is 0 Å². The summed E-state index contributed by atoms with van der Waals surface area (Å²) in [6.07, 6.45) is 77.3. The molecule has 0 rings (SSSR count). The maximum absolute atomic E-state index is 12.8. The number of carbonyl (C=O) groups is 3. The van der Waals surface area contributed by atoms with E-state index in [9.17, 15) is 14.4 Å². The first-order valence-corrected chi connectivity index (χ1v) is 32.1. The Labute approximate surface area is 454 Å². The minimum atomic E-state index is -0.767. The van der Waals surface area contributed by atoms with Crippen molar-refractivity contribution in [2.24, 2.45) is 0 Å². The van der Waals surface area contributed by atoms with E-state index >= 15 is 0 Å². The summed E-state index contributed by atoms with van der Waals surface area (Å²) in [5.74, 6) is -0.858. The molecule has 0 aromatic carbocycles. The molecule has 0 bridgehead atoms. The van der Waals surface area contributed by atoms with Crippen molar-refractivity contribution in [3.8, 4) is 0 Å². The maximum atomic E-state index is 12.8. The van der Waals surface area contributed by atoms with Crippen LogP contribution in [0.1, 0.15) is 342 Å². The molecule has 6 nitrogen and oxygen atoms in total. The highest BCUT2D eigenvalue weighted by molar-refractivity contribution is 5.71. The highest BCUT2D eigenvalue weighted by Crippen LogP contribution is 2.18. The molecule has 0 aliphatic heterocycles. The monoisotopic (exact) mass is 1020 g/mol. The normalized spacial score (nSPS) is 12.3. The van der Waals surface area contributed by atoms with Gasteiger partial charge < -0.3 is 14.2 Å². The standard InChI is InChI=1S/C67H122O6/c1-4-7-10-13-16-18-20-22-24-26-28-30-32-33-34-35-36-38-39-41-43-45-47-49-51-54-57-60-66(69)72-63-64(62-71-65(68)59-56-53-15-12-9-6-3)73-67(70)61-58-55-52-50-48-46-44-42-40-37-31-29-27-25-23-21-19-17-14-11-8-5-2/h7,10,16,18,22,24,28,30,64H,4-6,8-9,11-15,17,19-21,23,25-27,29,31-63H2,1-3H3/b10-7-,18-16-,24-22-,30-28-. The van der Waals surface area contributed by atoms with Crippen LogP contribution in [0.25, 0.3) is 0 Å². The lowest BCUT2D eigenvalue weighted by Crippen LogP contribution is -2.30. The summed E-state index contributed by atoms with van der Waals surface area (Å²) in [4.78, 5) is 38.0. The predicted octanol–water partition coefficient (Wildman–Crippen LogP) is 21.8. The number of rotatable bonds is 59. The molecular formula is C67H122O6. The van der Waals surface area contributed by atoms with Crippen molar-refractivity contribution in [1.29, 1.82) is 0 Å². The maximum Gasteiger partial charge on any atom is 0.306 e. The average molecular weight is 1020 g/mol. The third-order valence-electron chi connectivity index (χ3n) is 14.3. The minimum absolute atomic E-state index is 0.0685. The second-order valence-electron chi connectivity index (χ2n) is 21.7. The zero-order chi connectivity index (χ0) is 52.9. The van der Waals surface area contributed by atoms with Gasteiger partial charge in [-0.05, 0) is 57.8 Å². The fraction of sp³-hybridized carbons (Fsp3) is 0.836. The van der Waals surface area contributed by atoms with E-state index < -0.39 is 6.10 Å². The molecular weight excluding hydrogens is 901 g/mol. The van der Waals surface area contributed by atoms with E-state index in [1.807, 2.05) is 0 Å². The SMILES string of the molecule is CC/C=C\C/C=C\C/C=C\C/C=C\CCCCCCCCCCCCCCCCC(=O)OCC(COC(=O)CCCCCCCC)OC(=O)CCCCCCCCCCCCCCCCCCCCCCCC. The molecule has 1 unspecified atom stereocenters. The van der Waals surface area contributed by atoms with E-state index in [1.165, 1.54) is 218 Å². The summed E-state index contributed by atoms with van der Waals surface area (Å²) in [6, 6.07) is 0. The number of ether oxygens (including phenoxy) is 3. The highest BCUT2D eigenvalue weighted by atomic mass is 16.6. The molecule has 0 saturated heterocycles. The third kappa shape index (κ3) is 60.1. The molecule has 6 heteroatoms. The van der Waals surface area contributed by atoms with Crippen molar-refractivity contribution >= 4 is 17.9 Å². The molecule has 0 aliphatic carbocycles. The van der Waals surface area contributed by atoms with Crippen LogP contribution >= 0.6 is 0 Å². The molecule has 0 fully saturated rings. The largest absolute Gasteiger partial charge is 0.462 e. The van der Waals surface area contributed by atoms with Gasteiger partial charge in [-0.3, -0.25) is 14.4 Å². The molecule has 426 valence electrons. The van der Waals surface area contributed by atoms with Crippen LogP contribution in [-0.2, 0) is 28.6 Å². The third-order valence-corrected chi connectivity index (χ3v) is 14.3. The Morgan fingerprint density at radius 3 is 0.836 bits per heavy atom. The van der Waals surface area contributed by atoms with Gasteiger partial charge in [0.05, 0.1) is 0 Å². The van der Waals surface area contributed by atoms with Gasteiger partial charge in [-0.2, -0.15) is 0 Å². The summed E-state index contributed by atoms with van der Waals surface area (Å²) in [6.45, 7) is 6.52. The lowest BCUT2D eigenvalue weighted by atomic mass is 10.0. The second-order valence-corrected chi connectivity index (χ2v) is 21.7. The van der Waals surface area contributed by atoms with E-state index in [1.54, 1.807) is 0 Å². The van der Waals surface area contributed by atoms with Crippen molar-refractivity contribution in [1.82, 2.24) is 0 Å². The summed E-state index contributed by atoms with van der Waals surface area (Å²) in [5.41, 5.74) is 0. The fourth-order valence-electron chi connectivity index (χ4n) is 9.56. The molecule has 0 N–H and O–H groups in total. The number of unbranched alkanes of at least 4 members (excludes halogenated alkanes) is 40. The number of allylic oxidation sites excluding steroid dienone is 8. The van der Waals surface area contributed by atoms with Crippen molar-refractivity contribution in [3.63, 3.8) is 0 Å². The number of carbonyl (C=O) groups excluding carboxylic acids is 3. The molecule has 0 aromatic rings. The molecule has 0 radical (unpaired) electrons. The Morgan fingerprint density at radius 1 is 0.288 bits per heavy atom. The lowest BCUT2D eigenvalue weighted by molar-refractivity contribution is -0.167. The van der Waals surface area contributed by atoms with Gasteiger partial charge in [0.15, 0.2) is 6.10 Å². The molecule has 0 amide bonds. The smallest absolute Gasteiger partial charge is 0.306 e. The first kappa shape index (κ1) is 70.4. The van der Waals surface area contributed by atoms with Crippen LogP contribution in [0.3, 0.4) is 0 Å². The van der Waals surface area contributed by atoms with Crippen LogP contribution in [0.2, 0.25) is 0 Å². The van der Waals surface area contributed by atoms with Gasteiger partial charge in [-0.25, -0.2) is 0 Å². The first-order chi connectivity index (χ1) is 36.0. The van der Waals surface area contributed by atoms with Crippen molar-refractivity contribution in [3.05, 3.63) is 48.6 Å². The van der Waals surface area contributed by atoms with E-state index in [0.717, 1.165) is 83.5 Å². The fourth-order valence-corrected chi connectivity index (χ4v) is 9.56. The van der Waals surface area contributed by atoms with E-state index in [4.69, 9.17) is 14.2 Å². The Hall–Kier alpha value is -2.63. The molecule has 73 heavy (non-hydrogen) atoms. The Kier molecular flexibility index (Phi) is 59.7. The molecule has 0 aromatic heterocycles. The summed E-state index contributed by atoms with van der Waals surface area (Å²) in [7, 11) is 0. The van der Waals surface area contributed by atoms with Crippen LogP contribution in [-0.4, -0.2) is 37.2 Å². The van der Waals surface area contributed by atoms with Gasteiger partial charge in [0.2, 0.25) is 0 Å². The Morgan fingerprint density at radius 2 is 0.534 bits per heavy atom. The molecule has 1 atom stereocenters. The van der Waals surface area contributed by atoms with Crippen molar-refractivity contribution in [2.45, 2.75) is 348 Å². The highest BCUT2D eigenvalue weighted by Gasteiger charge is 2.19. The summed E-state index contributed by atoms with van der Waals surface area (Å²) in [5, 5.41) is 0. The van der Waals surface area contributed by atoms with Crippen LogP contribution in [0, 0.1) is 0 Å². The molecule has 0 heterocycles. The quantitative estimate of drug-likeness (QED) is 0.0261. The predicted molar refractivity (Wildman–Crippen MR) is 316 cm³/mol. The molecule has 0 aliphatic rings. The van der Waals surface area contributed by atoms with Crippen LogP contribution < -0.4 is 0 Å². The zero-order valence-electron chi connectivity index (χ0n) is 48.9. The van der Waals surface area contributed by atoms with Crippen LogP contribution in [0.4, 0.5) is 0 Å².